The van der Waals surface area contributed by atoms with Gasteiger partial charge in [-0.05, 0) is 38.6 Å². The van der Waals surface area contributed by atoms with E-state index in [0.29, 0.717) is 18.6 Å². The first kappa shape index (κ1) is 16.2. The number of nitrogens with one attached hydrogen (secondary N) is 1. The molecule has 1 aromatic rings. The molecule has 0 amide bonds. The fourth-order valence-electron chi connectivity index (χ4n) is 3.01. The molecule has 1 atom stereocenters. The molecule has 1 saturated heterocycles. The molecule has 1 heterocycles. The normalized spacial score (nSPS) is 19.4. The van der Waals surface area contributed by atoms with E-state index in [0.717, 1.165) is 17.8 Å². The highest BCUT2D eigenvalue weighted by atomic mass is 19.1. The first-order chi connectivity index (χ1) is 9.99. The van der Waals surface area contributed by atoms with Gasteiger partial charge in [0.1, 0.15) is 5.82 Å². The van der Waals surface area contributed by atoms with Crippen LogP contribution in [0.25, 0.3) is 0 Å². The Hall–Kier alpha value is -1.13. The third kappa shape index (κ3) is 4.17. The van der Waals surface area contributed by atoms with Gasteiger partial charge in [0, 0.05) is 43.5 Å². The predicted molar refractivity (Wildman–Crippen MR) is 87.3 cm³/mol. The molecule has 3 nitrogen and oxygen atoms in total. The van der Waals surface area contributed by atoms with Crippen molar-refractivity contribution in [2.45, 2.75) is 45.3 Å². The summed E-state index contributed by atoms with van der Waals surface area (Å²) in [4.78, 5) is 4.61. The van der Waals surface area contributed by atoms with Crippen LogP contribution in [0.4, 0.5) is 10.1 Å². The highest BCUT2D eigenvalue weighted by molar-refractivity contribution is 5.53. The van der Waals surface area contributed by atoms with Gasteiger partial charge < -0.3 is 15.1 Å². The molecule has 1 fully saturated rings. The second-order valence-electron chi connectivity index (χ2n) is 6.43. The van der Waals surface area contributed by atoms with Crippen LogP contribution in [0.5, 0.6) is 0 Å². The van der Waals surface area contributed by atoms with Crippen LogP contribution >= 0.6 is 0 Å². The number of rotatable bonds is 6. The van der Waals surface area contributed by atoms with Crippen molar-refractivity contribution < 1.29 is 4.39 Å². The summed E-state index contributed by atoms with van der Waals surface area (Å²) in [5.74, 6) is -0.118. The molecule has 0 bridgehead atoms. The quantitative estimate of drug-likeness (QED) is 0.870. The Labute approximate surface area is 128 Å². The molecule has 1 unspecified atom stereocenters. The van der Waals surface area contributed by atoms with E-state index in [4.69, 9.17) is 0 Å². The fourth-order valence-corrected chi connectivity index (χ4v) is 3.01. The van der Waals surface area contributed by atoms with E-state index in [1.54, 1.807) is 12.1 Å². The molecule has 0 aliphatic carbocycles. The summed E-state index contributed by atoms with van der Waals surface area (Å²) < 4.78 is 14.2. The number of anilines is 1. The summed E-state index contributed by atoms with van der Waals surface area (Å²) in [6, 6.07) is 6.30. The van der Waals surface area contributed by atoms with Gasteiger partial charge in [-0.15, -0.1) is 0 Å². The maximum absolute atomic E-state index is 14.2. The standard InChI is InChI=1S/C17H28FN3/c1-13(2)19-11-15-16(18)8-5-9-17(15)21(4)12-14-7-6-10-20(14)3/h5,8-9,13-14,19H,6-7,10-12H2,1-4H3. The van der Waals surface area contributed by atoms with Crippen LogP contribution in [0.15, 0.2) is 18.2 Å². The number of likely N-dealkylation sites (N-methyl/N-ethyl adjacent to an activating group) is 2. The molecule has 4 heteroatoms. The number of hydrogen-bond acceptors (Lipinski definition) is 3. The smallest absolute Gasteiger partial charge is 0.129 e. The van der Waals surface area contributed by atoms with Gasteiger partial charge in [0.15, 0.2) is 0 Å². The molecule has 0 spiro atoms. The summed E-state index contributed by atoms with van der Waals surface area (Å²) in [5, 5.41) is 3.32. The van der Waals surface area contributed by atoms with E-state index in [1.165, 1.54) is 19.4 Å². The Balaban J connectivity index is 2.11. The molecule has 0 saturated carbocycles. The van der Waals surface area contributed by atoms with E-state index < -0.39 is 0 Å². The van der Waals surface area contributed by atoms with Crippen molar-refractivity contribution in [1.82, 2.24) is 10.2 Å². The second kappa shape index (κ2) is 7.23. The van der Waals surface area contributed by atoms with Crippen LogP contribution in [0, 0.1) is 5.82 Å². The Morgan fingerprint density at radius 2 is 2.19 bits per heavy atom. The van der Waals surface area contributed by atoms with Gasteiger partial charge in [0.05, 0.1) is 0 Å². The number of likely N-dealkylation sites (tertiary alicyclic amines) is 1. The molecule has 2 rings (SSSR count). The Morgan fingerprint density at radius 1 is 1.43 bits per heavy atom. The number of hydrogen-bond donors (Lipinski definition) is 1. The average Bonchev–Trinajstić information content (AvgIpc) is 2.82. The molecule has 1 N–H and O–H groups in total. The molecule has 0 aromatic heterocycles. The van der Waals surface area contributed by atoms with Gasteiger partial charge in [-0.25, -0.2) is 4.39 Å². The SMILES string of the molecule is CC(C)NCc1c(F)cccc1N(C)CC1CCCN1C. The molecule has 21 heavy (non-hydrogen) atoms. The average molecular weight is 293 g/mol. The van der Waals surface area contributed by atoms with Gasteiger partial charge in [-0.1, -0.05) is 19.9 Å². The molecular weight excluding hydrogens is 265 g/mol. The lowest BCUT2D eigenvalue weighted by Crippen LogP contribution is -2.37. The van der Waals surface area contributed by atoms with Crippen molar-refractivity contribution in [2.24, 2.45) is 0 Å². The number of halogens is 1. The van der Waals surface area contributed by atoms with Crippen LogP contribution < -0.4 is 10.2 Å². The van der Waals surface area contributed by atoms with E-state index in [2.05, 4.69) is 43.1 Å². The van der Waals surface area contributed by atoms with E-state index in [9.17, 15) is 4.39 Å². The Morgan fingerprint density at radius 3 is 2.81 bits per heavy atom. The Bertz CT molecular complexity index is 461. The molecule has 1 aromatic carbocycles. The van der Waals surface area contributed by atoms with Gasteiger partial charge >= 0.3 is 0 Å². The van der Waals surface area contributed by atoms with Crippen molar-refractivity contribution in [2.75, 3.05) is 32.1 Å². The van der Waals surface area contributed by atoms with Crippen LogP contribution in [0.1, 0.15) is 32.3 Å². The summed E-state index contributed by atoms with van der Waals surface area (Å²) >= 11 is 0. The summed E-state index contributed by atoms with van der Waals surface area (Å²) in [6.45, 7) is 6.86. The lowest BCUT2D eigenvalue weighted by atomic mass is 10.1. The van der Waals surface area contributed by atoms with Crippen molar-refractivity contribution in [3.63, 3.8) is 0 Å². The molecule has 0 radical (unpaired) electrons. The van der Waals surface area contributed by atoms with Crippen LogP contribution in [-0.4, -0.2) is 44.2 Å². The molecule has 118 valence electrons. The van der Waals surface area contributed by atoms with Crippen molar-refractivity contribution in [3.8, 4) is 0 Å². The zero-order chi connectivity index (χ0) is 15.4. The van der Waals surface area contributed by atoms with Crippen molar-refractivity contribution >= 4 is 5.69 Å². The maximum Gasteiger partial charge on any atom is 0.129 e. The van der Waals surface area contributed by atoms with Crippen molar-refractivity contribution in [1.29, 1.82) is 0 Å². The first-order valence-corrected chi connectivity index (χ1v) is 7.91. The largest absolute Gasteiger partial charge is 0.373 e. The molecular formula is C17H28FN3. The zero-order valence-corrected chi connectivity index (χ0v) is 13.7. The minimum atomic E-state index is -0.118. The zero-order valence-electron chi connectivity index (χ0n) is 13.7. The summed E-state index contributed by atoms with van der Waals surface area (Å²) in [6.07, 6.45) is 2.50. The lowest BCUT2D eigenvalue weighted by molar-refractivity contribution is 0.314. The van der Waals surface area contributed by atoms with Gasteiger partial charge in [-0.2, -0.15) is 0 Å². The van der Waals surface area contributed by atoms with E-state index in [1.807, 2.05) is 6.07 Å². The Kier molecular flexibility index (Phi) is 5.59. The topological polar surface area (TPSA) is 18.5 Å². The van der Waals surface area contributed by atoms with E-state index >= 15 is 0 Å². The highest BCUT2D eigenvalue weighted by Gasteiger charge is 2.23. The van der Waals surface area contributed by atoms with Crippen LogP contribution in [0.3, 0.4) is 0 Å². The van der Waals surface area contributed by atoms with E-state index in [-0.39, 0.29) is 5.82 Å². The monoisotopic (exact) mass is 293 g/mol. The highest BCUT2D eigenvalue weighted by Crippen LogP contribution is 2.25. The third-order valence-corrected chi connectivity index (χ3v) is 4.35. The van der Waals surface area contributed by atoms with Crippen LogP contribution in [-0.2, 0) is 6.54 Å². The summed E-state index contributed by atoms with van der Waals surface area (Å²) in [5.41, 5.74) is 1.78. The maximum atomic E-state index is 14.2. The van der Waals surface area contributed by atoms with Gasteiger partial charge in [0.2, 0.25) is 0 Å². The van der Waals surface area contributed by atoms with Gasteiger partial charge in [-0.3, -0.25) is 0 Å². The second-order valence-corrected chi connectivity index (χ2v) is 6.43. The third-order valence-electron chi connectivity index (χ3n) is 4.35. The molecule has 1 aliphatic rings. The number of nitrogens with zero attached hydrogens (tertiary/aromatic N) is 2. The van der Waals surface area contributed by atoms with Crippen molar-refractivity contribution in [3.05, 3.63) is 29.6 Å². The molecule has 1 aliphatic heterocycles. The number of benzene rings is 1. The van der Waals surface area contributed by atoms with Crippen LogP contribution in [0.2, 0.25) is 0 Å². The predicted octanol–water partition coefficient (Wildman–Crippen LogP) is 2.85. The lowest BCUT2D eigenvalue weighted by Gasteiger charge is -2.29. The van der Waals surface area contributed by atoms with Gasteiger partial charge in [0.25, 0.3) is 0 Å². The first-order valence-electron chi connectivity index (χ1n) is 7.91. The minimum absolute atomic E-state index is 0.118. The minimum Gasteiger partial charge on any atom is -0.373 e. The summed E-state index contributed by atoms with van der Waals surface area (Å²) in [7, 11) is 4.25. The fraction of sp³-hybridized carbons (Fsp3) is 0.647.